The number of aromatic nitrogens is 6. The zero-order valence-electron chi connectivity index (χ0n) is 18.7. The molecule has 0 saturated carbocycles. The molecule has 0 fully saturated rings. The molecule has 0 saturated heterocycles. The third-order valence-electron chi connectivity index (χ3n) is 4.86. The lowest BCUT2D eigenvalue weighted by molar-refractivity contribution is 0.102. The van der Waals surface area contributed by atoms with Gasteiger partial charge in [0.15, 0.2) is 11.5 Å². The second-order valence-electron chi connectivity index (χ2n) is 7.37. The Bertz CT molecular complexity index is 1410. The number of halogens is 3. The van der Waals surface area contributed by atoms with Crippen LogP contribution in [0, 0.1) is 11.8 Å². The van der Waals surface area contributed by atoms with E-state index < -0.39 is 29.9 Å². The molecular formula is C22H17ClF2N8O3. The summed E-state index contributed by atoms with van der Waals surface area (Å²) in [5, 5.41) is 13.3. The molecule has 0 aliphatic carbocycles. The number of rotatable bonds is 6. The molecule has 2 amide bonds. The highest BCUT2D eigenvalue weighted by Crippen LogP contribution is 2.26. The van der Waals surface area contributed by atoms with Gasteiger partial charge in [0.2, 0.25) is 5.95 Å². The number of nitrogens with one attached hydrogen (secondary N) is 2. The molecule has 0 aliphatic heterocycles. The first-order valence-electron chi connectivity index (χ1n) is 10.3. The predicted molar refractivity (Wildman–Crippen MR) is 124 cm³/mol. The van der Waals surface area contributed by atoms with Crippen LogP contribution in [0.5, 0.6) is 0 Å². The highest BCUT2D eigenvalue weighted by Gasteiger charge is 2.21. The molecule has 0 aliphatic rings. The van der Waals surface area contributed by atoms with Crippen LogP contribution in [-0.2, 0) is 11.8 Å². The molecular weight excluding hydrogens is 498 g/mol. The Hall–Kier alpha value is -4.52. The highest BCUT2D eigenvalue weighted by atomic mass is 35.5. The fraction of sp³-hybridized carbons (Fsp3) is 0.136. The number of aryl methyl sites for hydroxylation is 1. The average molecular weight is 515 g/mol. The van der Waals surface area contributed by atoms with Crippen LogP contribution < -0.4 is 10.6 Å². The molecule has 2 N–H and O–H groups in total. The van der Waals surface area contributed by atoms with Gasteiger partial charge >= 0.3 is 6.09 Å². The molecule has 11 nitrogen and oxygen atoms in total. The van der Waals surface area contributed by atoms with Gasteiger partial charge in [-0.15, -0.1) is 5.10 Å². The number of carbonyl (C=O) groups excluding carboxylic acids is 2. The number of hydrogen-bond acceptors (Lipinski definition) is 8. The molecule has 0 aromatic carbocycles. The molecule has 184 valence electrons. The van der Waals surface area contributed by atoms with E-state index in [4.69, 9.17) is 16.3 Å². The number of pyridine rings is 3. The van der Waals surface area contributed by atoms with Crippen LogP contribution >= 0.6 is 11.6 Å². The molecule has 36 heavy (non-hydrogen) atoms. The van der Waals surface area contributed by atoms with Gasteiger partial charge in [0.25, 0.3) is 5.91 Å². The van der Waals surface area contributed by atoms with Gasteiger partial charge in [0.1, 0.15) is 17.1 Å². The Balaban J connectivity index is 1.45. The fourth-order valence-corrected chi connectivity index (χ4v) is 3.18. The van der Waals surface area contributed by atoms with E-state index in [1.165, 1.54) is 43.2 Å². The van der Waals surface area contributed by atoms with Crippen LogP contribution in [0.25, 0.3) is 11.4 Å². The molecule has 1 atom stereocenters. The summed E-state index contributed by atoms with van der Waals surface area (Å²) in [7, 11) is 1.53. The summed E-state index contributed by atoms with van der Waals surface area (Å²) in [6.45, 7) is 1.37. The van der Waals surface area contributed by atoms with E-state index in [1.54, 1.807) is 12.1 Å². The number of ether oxygens (including phenoxy) is 1. The van der Waals surface area contributed by atoms with Gasteiger partial charge in [-0.2, -0.15) is 4.39 Å². The smallest absolute Gasteiger partial charge is 0.413 e. The Morgan fingerprint density at radius 3 is 2.56 bits per heavy atom. The molecule has 14 heteroatoms. The second kappa shape index (κ2) is 10.4. The van der Waals surface area contributed by atoms with Crippen molar-refractivity contribution in [1.29, 1.82) is 0 Å². The van der Waals surface area contributed by atoms with Crippen LogP contribution in [0.2, 0.25) is 5.15 Å². The predicted octanol–water partition coefficient (Wildman–Crippen LogP) is 4.16. The summed E-state index contributed by atoms with van der Waals surface area (Å²) in [6, 6.07) is 7.07. The Morgan fingerprint density at radius 1 is 1.06 bits per heavy atom. The monoisotopic (exact) mass is 514 g/mol. The Labute approximate surface area is 207 Å². The summed E-state index contributed by atoms with van der Waals surface area (Å²) in [5.41, 5.74) is 1.03. The van der Waals surface area contributed by atoms with Gasteiger partial charge in [-0.1, -0.05) is 16.8 Å². The fourth-order valence-electron chi connectivity index (χ4n) is 3.06. The lowest BCUT2D eigenvalue weighted by Crippen LogP contribution is -2.19. The van der Waals surface area contributed by atoms with Crippen LogP contribution in [-0.4, -0.2) is 41.9 Å². The summed E-state index contributed by atoms with van der Waals surface area (Å²) in [6.07, 6.45) is 1.37. The highest BCUT2D eigenvalue weighted by molar-refractivity contribution is 6.29. The lowest BCUT2D eigenvalue weighted by atomic mass is 10.2. The number of amides is 2. The molecule has 0 bridgehead atoms. The van der Waals surface area contributed by atoms with E-state index in [-0.39, 0.29) is 22.2 Å². The summed E-state index contributed by atoms with van der Waals surface area (Å²) >= 11 is 5.73. The summed E-state index contributed by atoms with van der Waals surface area (Å²) < 4.78 is 33.7. The molecule has 0 radical (unpaired) electrons. The maximum atomic E-state index is 13.9. The van der Waals surface area contributed by atoms with E-state index in [0.29, 0.717) is 16.9 Å². The van der Waals surface area contributed by atoms with Crippen molar-refractivity contribution in [2.45, 2.75) is 13.0 Å². The van der Waals surface area contributed by atoms with Crippen molar-refractivity contribution >= 4 is 35.1 Å². The van der Waals surface area contributed by atoms with E-state index in [1.807, 2.05) is 0 Å². The number of carbonyl (C=O) groups is 2. The third-order valence-corrected chi connectivity index (χ3v) is 5.08. The van der Waals surface area contributed by atoms with Crippen molar-refractivity contribution in [2.75, 3.05) is 10.6 Å². The van der Waals surface area contributed by atoms with Gasteiger partial charge in [0.05, 0.1) is 34.9 Å². The van der Waals surface area contributed by atoms with Crippen LogP contribution in [0.4, 0.5) is 25.1 Å². The Kier molecular flexibility index (Phi) is 7.10. The first-order chi connectivity index (χ1) is 17.2. The summed E-state index contributed by atoms with van der Waals surface area (Å²) in [5.74, 6) is -1.99. The van der Waals surface area contributed by atoms with Gasteiger partial charge in [-0.3, -0.25) is 15.1 Å². The van der Waals surface area contributed by atoms with E-state index in [0.717, 1.165) is 12.3 Å². The molecule has 4 aromatic rings. The molecule has 0 unspecified atom stereocenters. The van der Waals surface area contributed by atoms with Gasteiger partial charge in [-0.05, 0) is 37.3 Å². The number of hydrogen-bond donors (Lipinski definition) is 2. The Morgan fingerprint density at radius 2 is 1.86 bits per heavy atom. The van der Waals surface area contributed by atoms with Crippen molar-refractivity contribution in [3.05, 3.63) is 77.0 Å². The first-order valence-corrected chi connectivity index (χ1v) is 10.7. The largest absolute Gasteiger partial charge is 0.441 e. The van der Waals surface area contributed by atoms with Crippen LogP contribution in [0.3, 0.4) is 0 Å². The van der Waals surface area contributed by atoms with E-state index >= 15 is 0 Å². The second-order valence-corrected chi connectivity index (χ2v) is 7.76. The average Bonchev–Trinajstić information content (AvgIpc) is 3.21. The van der Waals surface area contributed by atoms with Crippen molar-refractivity contribution in [3.63, 3.8) is 0 Å². The topological polar surface area (TPSA) is 137 Å². The van der Waals surface area contributed by atoms with E-state index in [9.17, 15) is 18.4 Å². The van der Waals surface area contributed by atoms with Crippen molar-refractivity contribution in [3.8, 4) is 11.4 Å². The quantitative estimate of drug-likeness (QED) is 0.366. The number of nitrogens with zero attached hydrogens (tertiary/aromatic N) is 6. The molecule has 4 rings (SSSR count). The SMILES string of the molecule is C[C@@H](OC(=O)Nc1c(-c2ccc(NC(=O)c3ccc(Cl)nc3)cn2)nnn1C)c1cc(F)cnc1F. The lowest BCUT2D eigenvalue weighted by Gasteiger charge is -2.15. The minimum absolute atomic E-state index is 0.140. The van der Waals surface area contributed by atoms with Gasteiger partial charge in [0, 0.05) is 13.2 Å². The zero-order chi connectivity index (χ0) is 25.8. The molecule has 4 aromatic heterocycles. The third kappa shape index (κ3) is 5.58. The van der Waals surface area contributed by atoms with Crippen molar-refractivity contribution in [2.24, 2.45) is 7.05 Å². The van der Waals surface area contributed by atoms with Gasteiger partial charge in [-0.25, -0.2) is 23.8 Å². The number of anilines is 2. The minimum Gasteiger partial charge on any atom is -0.441 e. The van der Waals surface area contributed by atoms with E-state index in [2.05, 4.69) is 35.9 Å². The van der Waals surface area contributed by atoms with Crippen molar-refractivity contribution < 1.29 is 23.1 Å². The van der Waals surface area contributed by atoms with Crippen molar-refractivity contribution in [1.82, 2.24) is 29.9 Å². The zero-order valence-corrected chi connectivity index (χ0v) is 19.5. The first kappa shape index (κ1) is 24.6. The van der Waals surface area contributed by atoms with Crippen LogP contribution in [0.15, 0.2) is 48.9 Å². The van der Waals surface area contributed by atoms with Crippen LogP contribution in [0.1, 0.15) is 28.9 Å². The maximum absolute atomic E-state index is 13.9. The normalized spacial score (nSPS) is 11.6. The molecule has 0 spiro atoms. The van der Waals surface area contributed by atoms with Gasteiger partial charge < -0.3 is 10.1 Å². The standard InChI is InChI=1S/C22H17ClF2N8O3/c1-11(15-7-13(24)9-28-19(15)25)36-22(35)30-20-18(31-32-33(20)2)16-5-4-14(10-26-16)29-21(34)12-3-6-17(23)27-8-12/h3-11H,1-2H3,(H,29,34)(H,30,35)/t11-/m1/s1. The summed E-state index contributed by atoms with van der Waals surface area (Å²) in [4.78, 5) is 36.2. The minimum atomic E-state index is -1.13. The molecule has 4 heterocycles. The maximum Gasteiger partial charge on any atom is 0.413 e.